The number of carbonyl (C=O) groups is 2. The summed E-state index contributed by atoms with van der Waals surface area (Å²) in [6.45, 7) is 5.06. The van der Waals surface area contributed by atoms with Crippen molar-refractivity contribution >= 4 is 23.7 Å². The van der Waals surface area contributed by atoms with Crippen molar-refractivity contribution in [2.75, 3.05) is 24.7 Å². The van der Waals surface area contributed by atoms with Gasteiger partial charge in [0.25, 0.3) is 0 Å². The lowest BCUT2D eigenvalue weighted by molar-refractivity contribution is -0.143. The van der Waals surface area contributed by atoms with E-state index in [0.29, 0.717) is 37.6 Å². The third-order valence-corrected chi connectivity index (χ3v) is 6.45. The first-order valence-electron chi connectivity index (χ1n) is 13.1. The maximum atomic E-state index is 11.7. The first-order chi connectivity index (χ1) is 15.2. The van der Waals surface area contributed by atoms with Gasteiger partial charge in [-0.3, -0.25) is 9.59 Å². The number of rotatable bonds is 24. The number of thioether (sulfide) groups is 1. The van der Waals surface area contributed by atoms with Crippen LogP contribution in [0.15, 0.2) is 0 Å². The van der Waals surface area contributed by atoms with Crippen LogP contribution in [0.25, 0.3) is 0 Å². The van der Waals surface area contributed by atoms with E-state index in [9.17, 15) is 9.59 Å². The Labute approximate surface area is 197 Å². The van der Waals surface area contributed by atoms with E-state index in [1.165, 1.54) is 89.9 Å². The summed E-state index contributed by atoms with van der Waals surface area (Å²) in [6.07, 6.45) is 22.4. The van der Waals surface area contributed by atoms with Crippen LogP contribution in [0.4, 0.5) is 0 Å². The molecule has 0 N–H and O–H groups in total. The molecule has 0 amide bonds. The fourth-order valence-corrected chi connectivity index (χ4v) is 4.38. The van der Waals surface area contributed by atoms with Gasteiger partial charge < -0.3 is 9.47 Å². The zero-order valence-corrected chi connectivity index (χ0v) is 21.4. The number of esters is 2. The molecule has 0 fully saturated rings. The number of hydrogen-bond donors (Lipinski definition) is 0. The minimum Gasteiger partial charge on any atom is -0.466 e. The molecule has 4 nitrogen and oxygen atoms in total. The lowest BCUT2D eigenvalue weighted by atomic mass is 10.0. The molecule has 0 aromatic heterocycles. The summed E-state index contributed by atoms with van der Waals surface area (Å²) in [7, 11) is 0. The van der Waals surface area contributed by atoms with Crippen LogP contribution >= 0.6 is 11.8 Å². The zero-order chi connectivity index (χ0) is 22.8. The first-order valence-corrected chi connectivity index (χ1v) is 14.2. The van der Waals surface area contributed by atoms with Crippen LogP contribution < -0.4 is 0 Å². The van der Waals surface area contributed by atoms with Gasteiger partial charge in [0, 0.05) is 11.5 Å². The Morgan fingerprint density at radius 1 is 0.548 bits per heavy atom. The fraction of sp³-hybridized carbons (Fsp3) is 0.923. The molecule has 0 heterocycles. The average molecular weight is 459 g/mol. The van der Waals surface area contributed by atoms with Crippen molar-refractivity contribution in [3.63, 3.8) is 0 Å². The van der Waals surface area contributed by atoms with Gasteiger partial charge in [-0.05, 0) is 13.3 Å². The minimum absolute atomic E-state index is 0.121. The predicted octanol–water partition coefficient (Wildman–Crippen LogP) is 7.87. The van der Waals surface area contributed by atoms with Crippen LogP contribution in [0.5, 0.6) is 0 Å². The SMILES string of the molecule is CCCCCCCCCCCCCCCCCCOC(=O)CCSCCC(=O)OCC. The molecule has 0 aliphatic rings. The number of hydrogen-bond acceptors (Lipinski definition) is 5. The van der Waals surface area contributed by atoms with Crippen molar-refractivity contribution in [2.45, 2.75) is 129 Å². The summed E-state index contributed by atoms with van der Waals surface area (Å²) in [5, 5.41) is 0. The normalized spacial score (nSPS) is 10.9. The molecule has 0 spiro atoms. The zero-order valence-electron chi connectivity index (χ0n) is 20.6. The van der Waals surface area contributed by atoms with Crippen LogP contribution in [0.3, 0.4) is 0 Å². The van der Waals surface area contributed by atoms with Crippen molar-refractivity contribution in [1.82, 2.24) is 0 Å². The topological polar surface area (TPSA) is 52.6 Å². The maximum Gasteiger partial charge on any atom is 0.306 e. The summed E-state index contributed by atoms with van der Waals surface area (Å²) in [5.41, 5.74) is 0. The molecular weight excluding hydrogens is 408 g/mol. The second kappa shape index (κ2) is 25.5. The smallest absolute Gasteiger partial charge is 0.306 e. The highest BCUT2D eigenvalue weighted by molar-refractivity contribution is 7.99. The second-order valence-electron chi connectivity index (χ2n) is 8.44. The fourth-order valence-electron chi connectivity index (χ4n) is 3.55. The molecule has 0 aromatic carbocycles. The highest BCUT2D eigenvalue weighted by Gasteiger charge is 2.05. The van der Waals surface area contributed by atoms with Gasteiger partial charge in [0.1, 0.15) is 0 Å². The van der Waals surface area contributed by atoms with E-state index in [2.05, 4.69) is 6.92 Å². The van der Waals surface area contributed by atoms with E-state index in [4.69, 9.17) is 9.47 Å². The van der Waals surface area contributed by atoms with E-state index in [-0.39, 0.29) is 11.9 Å². The maximum absolute atomic E-state index is 11.7. The molecule has 0 aliphatic carbocycles. The Kier molecular flexibility index (Phi) is 25.0. The minimum atomic E-state index is -0.166. The van der Waals surface area contributed by atoms with Gasteiger partial charge >= 0.3 is 11.9 Å². The molecule has 0 aromatic rings. The van der Waals surface area contributed by atoms with E-state index >= 15 is 0 Å². The van der Waals surface area contributed by atoms with Gasteiger partial charge in [-0.25, -0.2) is 0 Å². The number of carbonyl (C=O) groups excluding carboxylic acids is 2. The summed E-state index contributed by atoms with van der Waals surface area (Å²) >= 11 is 1.60. The van der Waals surface area contributed by atoms with Gasteiger partial charge in [-0.1, -0.05) is 103 Å². The van der Waals surface area contributed by atoms with E-state index < -0.39 is 0 Å². The summed E-state index contributed by atoms with van der Waals surface area (Å²) in [5.74, 6) is 1.12. The standard InChI is InChI=1S/C26H50O4S/c1-3-5-6-7-8-9-10-11-12-13-14-15-16-17-18-19-22-30-26(28)21-24-31-23-20-25(27)29-4-2/h3-24H2,1-2H3. The molecule has 0 rings (SSSR count). The molecule has 0 atom stereocenters. The average Bonchev–Trinajstić information content (AvgIpc) is 2.76. The monoisotopic (exact) mass is 458 g/mol. The lowest BCUT2D eigenvalue weighted by Gasteiger charge is -2.06. The molecule has 0 aliphatic heterocycles. The Morgan fingerprint density at radius 2 is 0.935 bits per heavy atom. The predicted molar refractivity (Wildman–Crippen MR) is 134 cm³/mol. The third-order valence-electron chi connectivity index (χ3n) is 5.47. The van der Waals surface area contributed by atoms with Crippen molar-refractivity contribution in [3.05, 3.63) is 0 Å². The van der Waals surface area contributed by atoms with Gasteiger partial charge in [0.05, 0.1) is 26.1 Å². The highest BCUT2D eigenvalue weighted by Crippen LogP contribution is 2.14. The Bertz CT molecular complexity index is 401. The Hall–Kier alpha value is -0.710. The molecule has 0 radical (unpaired) electrons. The van der Waals surface area contributed by atoms with Gasteiger partial charge in [0.2, 0.25) is 0 Å². The molecule has 31 heavy (non-hydrogen) atoms. The van der Waals surface area contributed by atoms with Gasteiger partial charge in [-0.15, -0.1) is 0 Å². The summed E-state index contributed by atoms with van der Waals surface area (Å²) in [4.78, 5) is 22.9. The van der Waals surface area contributed by atoms with Crippen molar-refractivity contribution in [2.24, 2.45) is 0 Å². The number of ether oxygens (including phenoxy) is 2. The first kappa shape index (κ1) is 30.3. The Balaban J connectivity index is 3.17. The molecule has 0 bridgehead atoms. The molecule has 0 saturated heterocycles. The van der Waals surface area contributed by atoms with Crippen molar-refractivity contribution < 1.29 is 19.1 Å². The second-order valence-corrected chi connectivity index (χ2v) is 9.67. The van der Waals surface area contributed by atoms with Crippen LogP contribution in [-0.2, 0) is 19.1 Å². The van der Waals surface area contributed by atoms with Crippen LogP contribution in [0.1, 0.15) is 129 Å². The van der Waals surface area contributed by atoms with Crippen molar-refractivity contribution in [1.29, 1.82) is 0 Å². The third kappa shape index (κ3) is 25.4. The molecular formula is C26H50O4S. The van der Waals surface area contributed by atoms with Gasteiger partial charge in [0.15, 0.2) is 0 Å². The summed E-state index contributed by atoms with van der Waals surface area (Å²) in [6, 6.07) is 0. The van der Waals surface area contributed by atoms with Crippen molar-refractivity contribution in [3.8, 4) is 0 Å². The largest absolute Gasteiger partial charge is 0.466 e. The molecule has 0 unspecified atom stereocenters. The van der Waals surface area contributed by atoms with Crippen LogP contribution in [-0.4, -0.2) is 36.7 Å². The highest BCUT2D eigenvalue weighted by atomic mass is 32.2. The number of unbranched alkanes of at least 4 members (excludes halogenated alkanes) is 15. The summed E-state index contributed by atoms with van der Waals surface area (Å²) < 4.78 is 10.2. The molecule has 5 heteroatoms. The van der Waals surface area contributed by atoms with Crippen LogP contribution in [0, 0.1) is 0 Å². The quantitative estimate of drug-likeness (QED) is 0.109. The lowest BCUT2D eigenvalue weighted by Crippen LogP contribution is -2.08. The molecule has 0 saturated carbocycles. The van der Waals surface area contributed by atoms with E-state index in [0.717, 1.165) is 12.8 Å². The van der Waals surface area contributed by atoms with E-state index in [1.54, 1.807) is 18.7 Å². The molecule has 184 valence electrons. The van der Waals surface area contributed by atoms with E-state index in [1.807, 2.05) is 0 Å². The van der Waals surface area contributed by atoms with Gasteiger partial charge in [-0.2, -0.15) is 11.8 Å². The Morgan fingerprint density at radius 3 is 1.35 bits per heavy atom. The van der Waals surface area contributed by atoms with Crippen LogP contribution in [0.2, 0.25) is 0 Å².